The van der Waals surface area contributed by atoms with Crippen molar-refractivity contribution in [3.05, 3.63) is 50.4 Å². The van der Waals surface area contributed by atoms with Crippen LogP contribution in [0.2, 0.25) is 0 Å². The number of hydrogen-bond acceptors (Lipinski definition) is 2. The van der Waals surface area contributed by atoms with E-state index in [1.54, 1.807) is 11.1 Å². The third kappa shape index (κ3) is 3.37. The van der Waals surface area contributed by atoms with Gasteiger partial charge in [-0.25, -0.2) is 0 Å². The van der Waals surface area contributed by atoms with Crippen molar-refractivity contribution in [2.45, 2.75) is 38.1 Å². The van der Waals surface area contributed by atoms with Crippen LogP contribution in [-0.2, 0) is 0 Å². The van der Waals surface area contributed by atoms with Crippen molar-refractivity contribution in [2.75, 3.05) is 20.1 Å². The van der Waals surface area contributed by atoms with E-state index in [0.29, 0.717) is 0 Å². The van der Waals surface area contributed by atoms with Crippen molar-refractivity contribution >= 4 is 45.2 Å². The van der Waals surface area contributed by atoms with Crippen LogP contribution in [0.3, 0.4) is 0 Å². The van der Waals surface area contributed by atoms with E-state index in [9.17, 15) is 0 Å². The van der Waals surface area contributed by atoms with Crippen LogP contribution in [0.25, 0.3) is 5.57 Å². The molecule has 0 unspecified atom stereocenters. The lowest BCUT2D eigenvalue weighted by Crippen LogP contribution is -2.58. The van der Waals surface area contributed by atoms with Gasteiger partial charge < -0.3 is 4.48 Å². The first-order valence-electron chi connectivity index (χ1n) is 8.40. The highest BCUT2D eigenvalue weighted by atomic mass is 79.9. The highest BCUT2D eigenvalue weighted by molar-refractivity contribution is 8.93. The van der Waals surface area contributed by atoms with Gasteiger partial charge in [0.1, 0.15) is 6.54 Å². The van der Waals surface area contributed by atoms with Gasteiger partial charge in [-0.05, 0) is 54.1 Å². The van der Waals surface area contributed by atoms with Crippen molar-refractivity contribution in [3.63, 3.8) is 0 Å². The second-order valence-corrected chi connectivity index (χ2v) is 8.88. The zero-order valence-electron chi connectivity index (χ0n) is 13.7. The van der Waals surface area contributed by atoms with Gasteiger partial charge in [-0.1, -0.05) is 12.1 Å². The molecule has 23 heavy (non-hydrogen) atoms. The smallest absolute Gasteiger partial charge is 0.101 e. The average molecular weight is 411 g/mol. The molecule has 2 aliphatic heterocycles. The molecule has 2 atom stereocenters. The molecular weight excluding hydrogens is 386 g/mol. The fraction of sp³-hybridized carbons (Fsp3) is 0.474. The summed E-state index contributed by atoms with van der Waals surface area (Å²) >= 11 is 3.79. The second kappa shape index (κ2) is 7.22. The number of piperidine rings is 2. The van der Waals surface area contributed by atoms with Gasteiger partial charge in [-0.3, -0.25) is 0 Å². The van der Waals surface area contributed by atoms with E-state index in [4.69, 9.17) is 0 Å². The van der Waals surface area contributed by atoms with Gasteiger partial charge in [-0.2, -0.15) is 0 Å². The molecule has 1 nitrogen and oxygen atoms in total. The summed E-state index contributed by atoms with van der Waals surface area (Å²) in [5.74, 6) is 0. The van der Waals surface area contributed by atoms with Crippen LogP contribution in [0.15, 0.2) is 40.6 Å². The minimum absolute atomic E-state index is 0. The SMILES string of the molecule is Br.C[N@+]12CCCC[C@@H]1CCC(=C(c1cccs1)c1cccs1)C2. The second-order valence-electron chi connectivity index (χ2n) is 6.98. The maximum atomic E-state index is 2.50. The zero-order valence-corrected chi connectivity index (χ0v) is 17.0. The Bertz CT molecular complexity index is 623. The Morgan fingerprint density at radius 1 is 1.04 bits per heavy atom. The minimum Gasteiger partial charge on any atom is -0.320 e. The standard InChI is InChI=1S/C19H24NS2.BrH/c1-20-11-3-2-6-16(20)10-9-15(14-20)19(17-7-4-12-21-17)18-8-5-13-22-18;/h4-5,7-8,12-13,16H,2-3,6,9-11,14H2,1H3;1H/q+1;/t16-,20-;/m1./s1. The number of halogens is 1. The lowest BCUT2D eigenvalue weighted by Gasteiger charge is -2.48. The van der Waals surface area contributed by atoms with Crippen LogP contribution in [-0.4, -0.2) is 30.7 Å². The van der Waals surface area contributed by atoms with E-state index in [0.717, 1.165) is 6.04 Å². The van der Waals surface area contributed by atoms with Gasteiger partial charge in [0, 0.05) is 21.7 Å². The van der Waals surface area contributed by atoms with E-state index >= 15 is 0 Å². The normalized spacial score (nSPS) is 27.2. The summed E-state index contributed by atoms with van der Waals surface area (Å²) in [6.45, 7) is 2.63. The lowest BCUT2D eigenvalue weighted by molar-refractivity contribution is -0.937. The quantitative estimate of drug-likeness (QED) is 0.533. The van der Waals surface area contributed by atoms with Crippen molar-refractivity contribution in [1.82, 2.24) is 0 Å². The molecule has 0 aromatic carbocycles. The lowest BCUT2D eigenvalue weighted by atomic mass is 9.85. The Morgan fingerprint density at radius 3 is 2.35 bits per heavy atom. The Kier molecular flexibility index (Phi) is 5.46. The maximum absolute atomic E-state index is 2.50. The van der Waals surface area contributed by atoms with Crippen molar-refractivity contribution in [1.29, 1.82) is 0 Å². The number of hydrogen-bond donors (Lipinski definition) is 0. The van der Waals surface area contributed by atoms with E-state index in [-0.39, 0.29) is 17.0 Å². The number of nitrogens with zero attached hydrogens (tertiary/aromatic N) is 1. The first kappa shape index (κ1) is 17.4. The molecule has 2 aromatic heterocycles. The van der Waals surface area contributed by atoms with Gasteiger partial charge in [0.15, 0.2) is 0 Å². The molecule has 0 amide bonds. The molecule has 2 aliphatic rings. The molecule has 4 heterocycles. The molecule has 2 fully saturated rings. The number of likely N-dealkylation sites (N-methyl/N-ethyl adjacent to an activating group) is 1. The summed E-state index contributed by atoms with van der Waals surface area (Å²) in [5.41, 5.74) is 3.25. The largest absolute Gasteiger partial charge is 0.320 e. The van der Waals surface area contributed by atoms with Crippen molar-refractivity contribution in [3.8, 4) is 0 Å². The van der Waals surface area contributed by atoms with Crippen LogP contribution in [0.5, 0.6) is 0 Å². The van der Waals surface area contributed by atoms with Gasteiger partial charge in [0.25, 0.3) is 0 Å². The van der Waals surface area contributed by atoms with E-state index in [1.165, 1.54) is 59.4 Å². The van der Waals surface area contributed by atoms with Crippen molar-refractivity contribution in [2.24, 2.45) is 0 Å². The van der Waals surface area contributed by atoms with Crippen LogP contribution in [0, 0.1) is 0 Å². The molecule has 2 saturated heterocycles. The van der Waals surface area contributed by atoms with Crippen LogP contribution in [0.4, 0.5) is 0 Å². The Balaban J connectivity index is 0.00000156. The monoisotopic (exact) mass is 410 g/mol. The Labute approximate surface area is 158 Å². The molecule has 0 aliphatic carbocycles. The highest BCUT2D eigenvalue weighted by Gasteiger charge is 2.40. The van der Waals surface area contributed by atoms with Gasteiger partial charge >= 0.3 is 0 Å². The molecule has 124 valence electrons. The molecule has 2 aromatic rings. The minimum atomic E-state index is 0. The number of fused-ring (bicyclic) bond motifs is 1. The van der Waals surface area contributed by atoms with E-state index < -0.39 is 0 Å². The molecular formula is C19H25BrNS2+. The summed E-state index contributed by atoms with van der Waals surface area (Å²) in [7, 11) is 2.50. The van der Waals surface area contributed by atoms with Crippen LogP contribution < -0.4 is 0 Å². The van der Waals surface area contributed by atoms with E-state index in [1.807, 2.05) is 22.7 Å². The molecule has 4 heteroatoms. The summed E-state index contributed by atoms with van der Waals surface area (Å²) < 4.78 is 1.29. The predicted octanol–water partition coefficient (Wildman–Crippen LogP) is 5.98. The fourth-order valence-electron chi connectivity index (χ4n) is 4.38. The number of thiophene rings is 2. The summed E-state index contributed by atoms with van der Waals surface area (Å²) in [4.78, 5) is 2.92. The third-order valence-electron chi connectivity index (χ3n) is 5.56. The fourth-order valence-corrected chi connectivity index (χ4v) is 6.11. The molecule has 0 spiro atoms. The zero-order chi connectivity index (χ0) is 15.0. The van der Waals surface area contributed by atoms with Crippen LogP contribution in [0.1, 0.15) is 41.9 Å². The Hall–Kier alpha value is -0.420. The molecule has 4 rings (SSSR count). The van der Waals surface area contributed by atoms with E-state index in [2.05, 4.69) is 42.1 Å². The molecule has 0 N–H and O–H groups in total. The highest BCUT2D eigenvalue weighted by Crippen LogP contribution is 2.41. The molecule has 0 radical (unpaired) electrons. The van der Waals surface area contributed by atoms with Gasteiger partial charge in [0.05, 0.1) is 19.6 Å². The topological polar surface area (TPSA) is 0 Å². The first-order chi connectivity index (χ1) is 10.8. The number of rotatable bonds is 2. The average Bonchev–Trinajstić information content (AvgIpc) is 3.20. The predicted molar refractivity (Wildman–Crippen MR) is 108 cm³/mol. The first-order valence-corrected chi connectivity index (χ1v) is 10.2. The molecule has 0 saturated carbocycles. The number of quaternary nitrogens is 1. The third-order valence-corrected chi connectivity index (χ3v) is 7.33. The van der Waals surface area contributed by atoms with Gasteiger partial charge in [-0.15, -0.1) is 39.7 Å². The molecule has 0 bridgehead atoms. The van der Waals surface area contributed by atoms with Gasteiger partial charge in [0.2, 0.25) is 0 Å². The van der Waals surface area contributed by atoms with Crippen molar-refractivity contribution < 1.29 is 4.48 Å². The van der Waals surface area contributed by atoms with Crippen LogP contribution >= 0.6 is 39.7 Å². The summed E-state index contributed by atoms with van der Waals surface area (Å²) in [6, 6.07) is 9.89. The summed E-state index contributed by atoms with van der Waals surface area (Å²) in [5, 5.41) is 4.43. The Morgan fingerprint density at radius 2 is 1.74 bits per heavy atom. The summed E-state index contributed by atoms with van der Waals surface area (Å²) in [6.07, 6.45) is 6.97. The maximum Gasteiger partial charge on any atom is 0.101 e.